The molecule has 0 radical (unpaired) electrons. The van der Waals surface area contributed by atoms with E-state index in [4.69, 9.17) is 14.1 Å². The minimum atomic E-state index is -0.159. The van der Waals surface area contributed by atoms with Crippen LogP contribution in [-0.4, -0.2) is 16.2 Å². The van der Waals surface area contributed by atoms with Crippen LogP contribution in [-0.2, 0) is 21.7 Å². The molecule has 12 aromatic rings. The van der Waals surface area contributed by atoms with Gasteiger partial charge in [0, 0.05) is 51.3 Å². The van der Waals surface area contributed by atoms with Gasteiger partial charge in [-0.05, 0) is 145 Å². The Kier molecular flexibility index (Phi) is 12.4. The highest BCUT2D eigenvalue weighted by Crippen LogP contribution is 2.53. The molecule has 0 bridgehead atoms. The third-order valence-electron chi connectivity index (χ3n) is 16.7. The van der Waals surface area contributed by atoms with Crippen molar-refractivity contribution in [3.63, 3.8) is 0 Å². The van der Waals surface area contributed by atoms with Crippen molar-refractivity contribution in [1.82, 2.24) is 9.55 Å². The number of pyridine rings is 1. The van der Waals surface area contributed by atoms with Crippen LogP contribution in [0.25, 0.3) is 82.9 Å². The lowest BCUT2D eigenvalue weighted by molar-refractivity contribution is 0.483. The van der Waals surface area contributed by atoms with E-state index in [-0.39, 0.29) is 21.7 Å². The molecule has 408 valence electrons. The van der Waals surface area contributed by atoms with E-state index in [9.17, 15) is 0 Å². The lowest BCUT2D eigenvalue weighted by Gasteiger charge is -2.31. The molecule has 1 aliphatic rings. The molecule has 6 nitrogen and oxygen atoms in total. The molecule has 3 aromatic heterocycles. The molecular formula is C76H72N4O2. The zero-order valence-electron chi connectivity index (χ0n) is 49.4. The third-order valence-corrected chi connectivity index (χ3v) is 16.7. The number of fused-ring (bicyclic) bond motifs is 8. The molecule has 6 heteroatoms. The van der Waals surface area contributed by atoms with E-state index in [0.29, 0.717) is 6.67 Å². The molecule has 0 fully saturated rings. The van der Waals surface area contributed by atoms with Gasteiger partial charge < -0.3 is 19.0 Å². The molecule has 4 heterocycles. The zero-order valence-corrected chi connectivity index (χ0v) is 49.4. The Morgan fingerprint density at radius 1 is 0.439 bits per heavy atom. The molecule has 13 rings (SSSR count). The molecule has 0 unspecified atom stereocenters. The summed E-state index contributed by atoms with van der Waals surface area (Å²) in [5.41, 5.74) is 19.9. The van der Waals surface area contributed by atoms with Gasteiger partial charge in [-0.1, -0.05) is 192 Å². The summed E-state index contributed by atoms with van der Waals surface area (Å²) in [7, 11) is 0. The van der Waals surface area contributed by atoms with E-state index in [2.05, 4.69) is 292 Å². The van der Waals surface area contributed by atoms with Gasteiger partial charge in [-0.25, -0.2) is 4.98 Å². The van der Waals surface area contributed by atoms with Crippen molar-refractivity contribution in [2.45, 2.75) is 105 Å². The summed E-state index contributed by atoms with van der Waals surface area (Å²) < 4.78 is 16.5. The van der Waals surface area contributed by atoms with E-state index >= 15 is 0 Å². The molecule has 1 aliphatic heterocycles. The monoisotopic (exact) mass is 1070 g/mol. The van der Waals surface area contributed by atoms with Crippen LogP contribution < -0.4 is 14.5 Å². The molecule has 0 saturated heterocycles. The molecule has 0 atom stereocenters. The van der Waals surface area contributed by atoms with Gasteiger partial charge in [0.2, 0.25) is 0 Å². The highest BCUT2D eigenvalue weighted by atomic mass is 16.5. The average Bonchev–Trinajstić information content (AvgIpc) is 2.36. The number of rotatable bonds is 8. The lowest BCUT2D eigenvalue weighted by Crippen LogP contribution is -2.25. The van der Waals surface area contributed by atoms with Crippen molar-refractivity contribution in [1.29, 1.82) is 0 Å². The maximum atomic E-state index is 7.40. The summed E-state index contributed by atoms with van der Waals surface area (Å²) in [4.78, 5) is 10.1. The first kappa shape index (κ1) is 52.5. The van der Waals surface area contributed by atoms with Crippen LogP contribution in [0, 0.1) is 0 Å². The number of nitrogens with zero attached hydrogens (tertiary/aromatic N) is 4. The van der Waals surface area contributed by atoms with Gasteiger partial charge in [0.25, 0.3) is 0 Å². The van der Waals surface area contributed by atoms with Crippen LogP contribution in [0.5, 0.6) is 11.5 Å². The SMILES string of the molecule is CC(C)(C)c1ccnc(-n2c3cc(Oc4cc(-c5c(C(C)(C)C)cccc5C(C)(C)C)cc(N5CN(c6c(-c7ccccc7)cc(C(C)(C)C)cc6-c6ccccc6)c6ccccc65)c4)ccc3c3c4oc5ccccc5c4ccc32)c1. The Morgan fingerprint density at radius 3 is 1.67 bits per heavy atom. The molecule has 82 heavy (non-hydrogen) atoms. The van der Waals surface area contributed by atoms with E-state index in [1.807, 2.05) is 12.3 Å². The summed E-state index contributed by atoms with van der Waals surface area (Å²) in [5, 5.41) is 4.30. The normalized spacial score (nSPS) is 13.3. The summed E-state index contributed by atoms with van der Waals surface area (Å²) >= 11 is 0. The van der Waals surface area contributed by atoms with Gasteiger partial charge in [0.15, 0.2) is 0 Å². The quantitative estimate of drug-likeness (QED) is 0.152. The molecule has 0 saturated carbocycles. The summed E-state index contributed by atoms with van der Waals surface area (Å²) in [6.07, 6.45) is 1.94. The standard InChI is InChI=1S/C76H72N4O2/c1-73(2,3)51-38-39-77-68(44-51)80-65-37-36-57-56-28-19-22-33-67(56)82-72(57)70(65)58-35-34-54(46-66(58)80)81-55-41-50(69-61(75(7,8)9)29-23-30-62(69)76(10,11)12)40-53(45-55)78-47-79(64-32-21-20-31-63(64)78)71-59(48-24-15-13-16-25-48)42-52(74(4,5)6)43-60(71)49-26-17-14-18-27-49/h13-46H,47H2,1-12H3. The number of benzene rings is 9. The largest absolute Gasteiger partial charge is 0.457 e. The molecule has 9 aromatic carbocycles. The van der Waals surface area contributed by atoms with Crippen LogP contribution in [0.2, 0.25) is 0 Å². The van der Waals surface area contributed by atoms with Crippen molar-refractivity contribution in [2.24, 2.45) is 0 Å². The van der Waals surface area contributed by atoms with Crippen molar-refractivity contribution in [3.8, 4) is 50.7 Å². The summed E-state index contributed by atoms with van der Waals surface area (Å²) in [6.45, 7) is 28.2. The minimum absolute atomic E-state index is 0.0873. The van der Waals surface area contributed by atoms with Crippen LogP contribution in [0.3, 0.4) is 0 Å². The Morgan fingerprint density at radius 2 is 1.04 bits per heavy atom. The molecule has 0 amide bonds. The Balaban J connectivity index is 1.03. The second kappa shape index (κ2) is 19.4. The summed E-state index contributed by atoms with van der Waals surface area (Å²) in [5.74, 6) is 2.30. The lowest BCUT2D eigenvalue weighted by atomic mass is 9.74. The first-order chi connectivity index (χ1) is 39.2. The maximum Gasteiger partial charge on any atom is 0.145 e. The highest BCUT2D eigenvalue weighted by Gasteiger charge is 2.34. The van der Waals surface area contributed by atoms with E-state index in [0.717, 1.165) is 83.7 Å². The van der Waals surface area contributed by atoms with Crippen LogP contribution >= 0.6 is 0 Å². The molecule has 0 N–H and O–H groups in total. The average molecular weight is 1070 g/mol. The number of furan rings is 1. The highest BCUT2D eigenvalue weighted by molar-refractivity contribution is 6.24. The number of hydrogen-bond acceptors (Lipinski definition) is 5. The van der Waals surface area contributed by atoms with Crippen molar-refractivity contribution in [2.75, 3.05) is 16.5 Å². The van der Waals surface area contributed by atoms with Crippen LogP contribution in [0.4, 0.5) is 22.7 Å². The van der Waals surface area contributed by atoms with Crippen LogP contribution in [0.15, 0.2) is 211 Å². The van der Waals surface area contributed by atoms with E-state index in [1.54, 1.807) is 0 Å². The second-order valence-corrected chi connectivity index (χ2v) is 26.5. The van der Waals surface area contributed by atoms with Crippen molar-refractivity contribution >= 4 is 66.5 Å². The van der Waals surface area contributed by atoms with Crippen LogP contribution in [0.1, 0.15) is 105 Å². The minimum Gasteiger partial charge on any atom is -0.457 e. The number of hydrogen-bond donors (Lipinski definition) is 0. The van der Waals surface area contributed by atoms with E-state index < -0.39 is 0 Å². The number of para-hydroxylation sites is 3. The number of anilines is 4. The van der Waals surface area contributed by atoms with Gasteiger partial charge in [-0.3, -0.25) is 4.57 Å². The van der Waals surface area contributed by atoms with Gasteiger partial charge in [-0.15, -0.1) is 0 Å². The Hall–Kier alpha value is -8.87. The van der Waals surface area contributed by atoms with Gasteiger partial charge >= 0.3 is 0 Å². The fraction of sp³-hybridized carbons (Fsp3) is 0.224. The zero-order chi connectivity index (χ0) is 57.0. The summed E-state index contributed by atoms with van der Waals surface area (Å²) in [6, 6.07) is 73.0. The maximum absolute atomic E-state index is 7.40. The van der Waals surface area contributed by atoms with Crippen molar-refractivity contribution < 1.29 is 9.15 Å². The molecule has 0 spiro atoms. The van der Waals surface area contributed by atoms with Gasteiger partial charge in [0.1, 0.15) is 35.2 Å². The van der Waals surface area contributed by atoms with Crippen molar-refractivity contribution in [3.05, 3.63) is 229 Å². The van der Waals surface area contributed by atoms with Gasteiger partial charge in [0.05, 0.1) is 33.5 Å². The third kappa shape index (κ3) is 9.19. The Bertz CT molecular complexity index is 4350. The van der Waals surface area contributed by atoms with E-state index in [1.165, 1.54) is 55.8 Å². The predicted octanol–water partition coefficient (Wildman–Crippen LogP) is 21.3. The second-order valence-electron chi connectivity index (χ2n) is 26.5. The fourth-order valence-corrected chi connectivity index (χ4v) is 12.4. The topological polar surface area (TPSA) is 46.7 Å². The number of ether oxygens (including phenoxy) is 1. The first-order valence-electron chi connectivity index (χ1n) is 29.0. The predicted molar refractivity (Wildman–Crippen MR) is 346 cm³/mol. The smallest absolute Gasteiger partial charge is 0.145 e. The molecule has 0 aliphatic carbocycles. The fourth-order valence-electron chi connectivity index (χ4n) is 12.4. The number of aromatic nitrogens is 2. The Labute approximate surface area is 483 Å². The first-order valence-corrected chi connectivity index (χ1v) is 29.0. The van der Waals surface area contributed by atoms with Gasteiger partial charge in [-0.2, -0.15) is 0 Å². The molecular weight excluding hydrogens is 1000 g/mol.